The van der Waals surface area contributed by atoms with Crippen LogP contribution in [0, 0.1) is 5.82 Å². The van der Waals surface area contributed by atoms with E-state index in [9.17, 15) is 9.18 Å². The molecule has 1 aromatic carbocycles. The van der Waals surface area contributed by atoms with Crippen LogP contribution >= 0.6 is 22.7 Å². The van der Waals surface area contributed by atoms with Crippen molar-refractivity contribution in [3.8, 4) is 11.3 Å². The van der Waals surface area contributed by atoms with Crippen molar-refractivity contribution < 1.29 is 9.18 Å². The third kappa shape index (κ3) is 2.93. The van der Waals surface area contributed by atoms with E-state index < -0.39 is 0 Å². The molecule has 22 heavy (non-hydrogen) atoms. The highest BCUT2D eigenvalue weighted by Crippen LogP contribution is 2.29. The molecule has 0 spiro atoms. The number of carbonyl (C=O) groups excluding carboxylic acids is 1. The van der Waals surface area contributed by atoms with Crippen molar-refractivity contribution in [3.05, 3.63) is 57.9 Å². The van der Waals surface area contributed by atoms with Crippen molar-refractivity contribution in [2.75, 3.05) is 11.4 Å². The Morgan fingerprint density at radius 2 is 2.00 bits per heavy atom. The zero-order valence-corrected chi connectivity index (χ0v) is 13.5. The molecule has 0 aliphatic rings. The second-order valence-corrected chi connectivity index (χ2v) is 6.33. The number of amides is 1. The van der Waals surface area contributed by atoms with E-state index in [0.29, 0.717) is 16.6 Å². The summed E-state index contributed by atoms with van der Waals surface area (Å²) in [6.07, 6.45) is 0. The Balaban J connectivity index is 1.88. The Labute approximate surface area is 135 Å². The number of halogens is 1. The highest BCUT2D eigenvalue weighted by Gasteiger charge is 2.20. The number of hydrogen-bond acceptors (Lipinski definition) is 4. The van der Waals surface area contributed by atoms with Crippen LogP contribution in [0.1, 0.15) is 16.6 Å². The fraction of sp³-hybridized carbons (Fsp3) is 0.125. The first-order chi connectivity index (χ1) is 10.7. The van der Waals surface area contributed by atoms with Crippen LogP contribution in [0.3, 0.4) is 0 Å². The lowest BCUT2D eigenvalue weighted by atomic mass is 10.2. The maximum Gasteiger partial charge on any atom is 0.270 e. The van der Waals surface area contributed by atoms with Gasteiger partial charge in [0.2, 0.25) is 0 Å². The molecule has 0 unspecified atom stereocenters. The summed E-state index contributed by atoms with van der Waals surface area (Å²) in [5, 5.41) is 4.42. The molecule has 112 valence electrons. The van der Waals surface area contributed by atoms with Gasteiger partial charge >= 0.3 is 0 Å². The number of rotatable bonds is 4. The largest absolute Gasteiger partial charge is 0.284 e. The van der Waals surface area contributed by atoms with Gasteiger partial charge in [-0.05, 0) is 42.6 Å². The molecule has 3 nitrogen and oxygen atoms in total. The van der Waals surface area contributed by atoms with Gasteiger partial charge < -0.3 is 0 Å². The Kier molecular flexibility index (Phi) is 4.31. The molecule has 0 radical (unpaired) electrons. The van der Waals surface area contributed by atoms with Crippen LogP contribution in [0.2, 0.25) is 0 Å². The zero-order valence-electron chi connectivity index (χ0n) is 11.8. The van der Waals surface area contributed by atoms with Crippen LogP contribution in [-0.2, 0) is 0 Å². The number of anilines is 1. The van der Waals surface area contributed by atoms with E-state index in [-0.39, 0.29) is 11.7 Å². The van der Waals surface area contributed by atoms with Gasteiger partial charge in [0.1, 0.15) is 5.82 Å². The minimum Gasteiger partial charge on any atom is -0.284 e. The van der Waals surface area contributed by atoms with Crippen LogP contribution in [0.15, 0.2) is 47.2 Å². The predicted molar refractivity (Wildman–Crippen MR) is 89.2 cm³/mol. The number of benzene rings is 1. The second-order valence-electron chi connectivity index (χ2n) is 4.55. The molecule has 0 N–H and O–H groups in total. The average Bonchev–Trinajstić information content (AvgIpc) is 3.20. The van der Waals surface area contributed by atoms with Gasteiger partial charge in [-0.15, -0.1) is 22.7 Å². The fourth-order valence-electron chi connectivity index (χ4n) is 2.04. The molecule has 1 amide bonds. The summed E-state index contributed by atoms with van der Waals surface area (Å²) in [6.45, 7) is 2.47. The van der Waals surface area contributed by atoms with E-state index in [1.165, 1.54) is 34.8 Å². The van der Waals surface area contributed by atoms with E-state index >= 15 is 0 Å². The second kappa shape index (κ2) is 6.37. The number of thiazole rings is 1. The van der Waals surface area contributed by atoms with Crippen LogP contribution in [0.4, 0.5) is 9.52 Å². The smallest absolute Gasteiger partial charge is 0.270 e. The molecule has 2 heterocycles. The summed E-state index contributed by atoms with van der Waals surface area (Å²) in [7, 11) is 0. The van der Waals surface area contributed by atoms with Crippen molar-refractivity contribution >= 4 is 33.7 Å². The van der Waals surface area contributed by atoms with Crippen molar-refractivity contribution in [3.63, 3.8) is 0 Å². The quantitative estimate of drug-likeness (QED) is 0.695. The number of hydrogen-bond donors (Lipinski definition) is 0. The van der Waals surface area contributed by atoms with Gasteiger partial charge in [0, 0.05) is 17.5 Å². The van der Waals surface area contributed by atoms with Crippen LogP contribution in [0.5, 0.6) is 0 Å². The molecule has 0 aliphatic carbocycles. The highest BCUT2D eigenvalue weighted by atomic mass is 32.1. The molecule has 0 saturated heterocycles. The Bertz CT molecular complexity index is 766. The molecule has 0 fully saturated rings. The van der Waals surface area contributed by atoms with E-state index in [0.717, 1.165) is 11.3 Å². The Morgan fingerprint density at radius 1 is 1.23 bits per heavy atom. The number of aromatic nitrogens is 1. The third-order valence-corrected chi connectivity index (χ3v) is 4.88. The third-order valence-electron chi connectivity index (χ3n) is 3.16. The van der Waals surface area contributed by atoms with Gasteiger partial charge in [0.15, 0.2) is 5.13 Å². The van der Waals surface area contributed by atoms with Gasteiger partial charge in [-0.3, -0.25) is 9.69 Å². The monoisotopic (exact) mass is 332 g/mol. The SMILES string of the molecule is CCN(C(=O)c1cccs1)c1nc(-c2ccc(F)cc2)cs1. The first-order valence-corrected chi connectivity index (χ1v) is 8.52. The van der Waals surface area contributed by atoms with E-state index in [1.807, 2.05) is 29.8 Å². The van der Waals surface area contributed by atoms with Crippen molar-refractivity contribution in [2.45, 2.75) is 6.92 Å². The normalized spacial score (nSPS) is 10.6. The lowest BCUT2D eigenvalue weighted by molar-refractivity contribution is 0.0992. The summed E-state index contributed by atoms with van der Waals surface area (Å²) in [5.74, 6) is -0.320. The average molecular weight is 332 g/mol. The Morgan fingerprint density at radius 3 is 2.64 bits per heavy atom. The topological polar surface area (TPSA) is 33.2 Å². The maximum atomic E-state index is 13.0. The molecular formula is C16H13FN2OS2. The van der Waals surface area contributed by atoms with Gasteiger partial charge in [-0.2, -0.15) is 0 Å². The molecule has 6 heteroatoms. The molecule has 2 aromatic heterocycles. The minimum absolute atomic E-state index is 0.0440. The van der Waals surface area contributed by atoms with Crippen molar-refractivity contribution in [2.24, 2.45) is 0 Å². The summed E-state index contributed by atoms with van der Waals surface area (Å²) < 4.78 is 13.0. The summed E-state index contributed by atoms with van der Waals surface area (Å²) >= 11 is 2.83. The Hall–Kier alpha value is -2.05. The van der Waals surface area contributed by atoms with E-state index in [2.05, 4.69) is 4.98 Å². The predicted octanol–water partition coefficient (Wildman–Crippen LogP) is 4.68. The van der Waals surface area contributed by atoms with E-state index in [1.54, 1.807) is 17.0 Å². The van der Waals surface area contributed by atoms with Crippen LogP contribution in [0.25, 0.3) is 11.3 Å². The first-order valence-electron chi connectivity index (χ1n) is 6.76. The number of carbonyl (C=O) groups is 1. The molecular weight excluding hydrogens is 319 g/mol. The molecule has 0 bridgehead atoms. The van der Waals surface area contributed by atoms with E-state index in [4.69, 9.17) is 0 Å². The lowest BCUT2D eigenvalue weighted by Crippen LogP contribution is -2.29. The van der Waals surface area contributed by atoms with Crippen molar-refractivity contribution in [1.29, 1.82) is 0 Å². The summed E-state index contributed by atoms with van der Waals surface area (Å²) in [6, 6.07) is 9.85. The fourth-order valence-corrected chi connectivity index (χ4v) is 3.61. The van der Waals surface area contributed by atoms with Gasteiger partial charge in [0.25, 0.3) is 5.91 Å². The molecule has 0 atom stereocenters. The first kappa shape index (κ1) is 14.9. The van der Waals surface area contributed by atoms with Gasteiger partial charge in [-0.25, -0.2) is 9.37 Å². The van der Waals surface area contributed by atoms with Crippen LogP contribution < -0.4 is 4.90 Å². The molecule has 3 rings (SSSR count). The molecule has 0 aliphatic heterocycles. The summed E-state index contributed by atoms with van der Waals surface area (Å²) in [4.78, 5) is 19.4. The standard InChI is InChI=1S/C16H13FN2OS2/c1-2-19(15(20)14-4-3-9-21-14)16-18-13(10-22-16)11-5-7-12(17)8-6-11/h3-10H,2H2,1H3. The lowest BCUT2D eigenvalue weighted by Gasteiger charge is -2.16. The maximum absolute atomic E-state index is 13.0. The highest BCUT2D eigenvalue weighted by molar-refractivity contribution is 7.14. The minimum atomic E-state index is -0.276. The number of thiophene rings is 1. The van der Waals surface area contributed by atoms with Crippen molar-refractivity contribution in [1.82, 2.24) is 4.98 Å². The number of nitrogens with zero attached hydrogens (tertiary/aromatic N) is 2. The molecule has 0 saturated carbocycles. The van der Waals surface area contributed by atoms with Gasteiger partial charge in [-0.1, -0.05) is 6.07 Å². The zero-order chi connectivity index (χ0) is 15.5. The molecule has 3 aromatic rings. The van der Waals surface area contributed by atoms with Crippen LogP contribution in [-0.4, -0.2) is 17.4 Å². The van der Waals surface area contributed by atoms with Gasteiger partial charge in [0.05, 0.1) is 10.6 Å². The summed E-state index contributed by atoms with van der Waals surface area (Å²) in [5.41, 5.74) is 1.58.